The highest BCUT2D eigenvalue weighted by atomic mass is 19.4. The van der Waals surface area contributed by atoms with E-state index in [4.69, 9.17) is 5.11 Å². The molecule has 0 saturated heterocycles. The van der Waals surface area contributed by atoms with Gasteiger partial charge in [0.1, 0.15) is 5.54 Å². The lowest BCUT2D eigenvalue weighted by molar-refractivity contribution is -0.140. The van der Waals surface area contributed by atoms with E-state index in [-0.39, 0.29) is 6.54 Å². The van der Waals surface area contributed by atoms with E-state index >= 15 is 0 Å². The molecule has 1 fully saturated rings. The number of nitrogens with one attached hydrogen (secondary N) is 1. The molecule has 1 saturated carbocycles. The third kappa shape index (κ3) is 3.49. The molecule has 1 aromatic rings. The minimum Gasteiger partial charge on any atom is -0.480 e. The lowest BCUT2D eigenvalue weighted by atomic mass is 10.1. The van der Waals surface area contributed by atoms with Crippen LogP contribution in [-0.4, -0.2) is 34.6 Å². The van der Waals surface area contributed by atoms with Gasteiger partial charge in [-0.25, -0.2) is 9.59 Å². The van der Waals surface area contributed by atoms with Gasteiger partial charge >= 0.3 is 18.2 Å². The Bertz CT molecular complexity index is 580. The molecule has 1 aliphatic carbocycles. The number of benzene rings is 1. The molecule has 22 heavy (non-hydrogen) atoms. The Balaban J connectivity index is 1.95. The zero-order valence-corrected chi connectivity index (χ0v) is 11.8. The molecule has 0 atom stereocenters. The number of amides is 2. The number of alkyl halides is 3. The molecule has 0 unspecified atom stereocenters. The molecule has 120 valence electrons. The summed E-state index contributed by atoms with van der Waals surface area (Å²) in [6.07, 6.45) is -3.65. The van der Waals surface area contributed by atoms with Gasteiger partial charge in [-0.05, 0) is 30.5 Å². The van der Waals surface area contributed by atoms with Crippen molar-refractivity contribution in [3.63, 3.8) is 0 Å². The molecule has 0 bridgehead atoms. The number of carboxylic acid groups (broad SMARTS) is 1. The fourth-order valence-corrected chi connectivity index (χ4v) is 1.96. The average molecular weight is 316 g/mol. The zero-order valence-electron chi connectivity index (χ0n) is 11.8. The van der Waals surface area contributed by atoms with Gasteiger partial charge in [-0.15, -0.1) is 0 Å². The summed E-state index contributed by atoms with van der Waals surface area (Å²) < 4.78 is 37.3. The quantitative estimate of drug-likeness (QED) is 0.896. The summed E-state index contributed by atoms with van der Waals surface area (Å²) in [7, 11) is 1.45. The predicted octanol–water partition coefficient (Wildman–Crippen LogP) is 2.46. The highest BCUT2D eigenvalue weighted by Crippen LogP contribution is 2.35. The molecule has 2 rings (SSSR count). The molecule has 1 aliphatic rings. The Kier molecular flexibility index (Phi) is 4.04. The number of rotatable bonds is 4. The van der Waals surface area contributed by atoms with Gasteiger partial charge in [0.15, 0.2) is 0 Å². The molecule has 2 amide bonds. The summed E-state index contributed by atoms with van der Waals surface area (Å²) in [6.45, 7) is 0.0830. The van der Waals surface area contributed by atoms with Gasteiger partial charge in [-0.3, -0.25) is 0 Å². The first-order valence-electron chi connectivity index (χ1n) is 6.57. The number of nitrogens with zero attached hydrogens (tertiary/aromatic N) is 1. The minimum absolute atomic E-state index is 0.0830. The summed E-state index contributed by atoms with van der Waals surface area (Å²) >= 11 is 0. The molecular weight excluding hydrogens is 301 g/mol. The number of carboxylic acids is 1. The SMILES string of the molecule is CN(Cc1ccc(C(F)(F)F)cc1)C(=O)NC1(C(=O)O)CC1. The molecule has 2 N–H and O–H groups in total. The molecule has 0 aromatic heterocycles. The number of hydrogen-bond donors (Lipinski definition) is 2. The van der Waals surface area contributed by atoms with E-state index in [1.54, 1.807) is 0 Å². The summed E-state index contributed by atoms with van der Waals surface area (Å²) in [5.74, 6) is -1.08. The maximum atomic E-state index is 12.4. The Labute approximate surface area is 124 Å². The molecule has 5 nitrogen and oxygen atoms in total. The van der Waals surface area contributed by atoms with Crippen LogP contribution in [0, 0.1) is 0 Å². The number of urea groups is 1. The van der Waals surface area contributed by atoms with Crippen molar-refractivity contribution < 1.29 is 27.9 Å². The van der Waals surface area contributed by atoms with Crippen molar-refractivity contribution in [2.45, 2.75) is 31.1 Å². The summed E-state index contributed by atoms with van der Waals surface area (Å²) in [5.41, 5.74) is -1.43. The van der Waals surface area contributed by atoms with Crippen LogP contribution in [0.3, 0.4) is 0 Å². The molecule has 0 aliphatic heterocycles. The Morgan fingerprint density at radius 1 is 1.27 bits per heavy atom. The first-order chi connectivity index (χ1) is 10.1. The van der Waals surface area contributed by atoms with Gasteiger partial charge in [-0.1, -0.05) is 12.1 Å². The van der Waals surface area contributed by atoms with Gasteiger partial charge in [0.25, 0.3) is 0 Å². The van der Waals surface area contributed by atoms with E-state index < -0.39 is 29.3 Å². The zero-order chi connectivity index (χ0) is 16.5. The van der Waals surface area contributed by atoms with E-state index in [9.17, 15) is 22.8 Å². The van der Waals surface area contributed by atoms with Crippen molar-refractivity contribution in [2.75, 3.05) is 7.05 Å². The van der Waals surface area contributed by atoms with Crippen LogP contribution in [-0.2, 0) is 17.5 Å². The first-order valence-corrected chi connectivity index (χ1v) is 6.57. The Morgan fingerprint density at radius 2 is 1.82 bits per heavy atom. The smallest absolute Gasteiger partial charge is 0.416 e. The largest absolute Gasteiger partial charge is 0.480 e. The van der Waals surface area contributed by atoms with Gasteiger partial charge in [0.2, 0.25) is 0 Å². The van der Waals surface area contributed by atoms with Crippen LogP contribution in [0.5, 0.6) is 0 Å². The van der Waals surface area contributed by atoms with Crippen LogP contribution in [0.15, 0.2) is 24.3 Å². The van der Waals surface area contributed by atoms with Crippen LogP contribution < -0.4 is 5.32 Å². The molecule has 8 heteroatoms. The van der Waals surface area contributed by atoms with E-state index in [0.717, 1.165) is 12.1 Å². The van der Waals surface area contributed by atoms with Gasteiger partial charge in [-0.2, -0.15) is 13.2 Å². The van der Waals surface area contributed by atoms with E-state index in [0.29, 0.717) is 18.4 Å². The maximum Gasteiger partial charge on any atom is 0.416 e. The topological polar surface area (TPSA) is 69.6 Å². The number of hydrogen-bond acceptors (Lipinski definition) is 2. The lowest BCUT2D eigenvalue weighted by Crippen LogP contribution is -2.48. The fourth-order valence-electron chi connectivity index (χ4n) is 1.96. The second-order valence-corrected chi connectivity index (χ2v) is 5.37. The van der Waals surface area contributed by atoms with Crippen molar-refractivity contribution in [3.8, 4) is 0 Å². The molecule has 0 heterocycles. The number of halogens is 3. The van der Waals surface area contributed by atoms with Gasteiger partial charge in [0, 0.05) is 13.6 Å². The number of carbonyl (C=O) groups excluding carboxylic acids is 1. The average Bonchev–Trinajstić information content (AvgIpc) is 3.19. The summed E-state index contributed by atoms with van der Waals surface area (Å²) in [6, 6.07) is 3.90. The number of carbonyl (C=O) groups is 2. The van der Waals surface area contributed by atoms with Crippen molar-refractivity contribution in [1.29, 1.82) is 0 Å². The molecule has 1 aromatic carbocycles. The van der Waals surface area contributed by atoms with Crippen molar-refractivity contribution in [1.82, 2.24) is 10.2 Å². The van der Waals surface area contributed by atoms with Gasteiger partial charge in [0.05, 0.1) is 5.56 Å². The maximum absolute atomic E-state index is 12.4. The van der Waals surface area contributed by atoms with E-state index in [1.165, 1.54) is 24.1 Å². The summed E-state index contributed by atoms with van der Waals surface area (Å²) in [4.78, 5) is 24.1. The second-order valence-electron chi connectivity index (χ2n) is 5.37. The summed E-state index contributed by atoms with van der Waals surface area (Å²) in [5, 5.41) is 11.4. The molecule has 0 spiro atoms. The highest BCUT2D eigenvalue weighted by molar-refractivity contribution is 5.88. The van der Waals surface area contributed by atoms with Crippen molar-refractivity contribution >= 4 is 12.0 Å². The standard InChI is InChI=1S/C14H15F3N2O3/c1-19(12(22)18-13(6-7-13)11(20)21)8-9-2-4-10(5-3-9)14(15,16)17/h2-5H,6-8H2,1H3,(H,18,22)(H,20,21). The molecule has 0 radical (unpaired) electrons. The van der Waals surface area contributed by atoms with E-state index in [2.05, 4.69) is 5.32 Å². The van der Waals surface area contributed by atoms with E-state index in [1.807, 2.05) is 0 Å². The van der Waals surface area contributed by atoms with Gasteiger partial charge < -0.3 is 15.3 Å². The van der Waals surface area contributed by atoms with Crippen LogP contribution in [0.25, 0.3) is 0 Å². The van der Waals surface area contributed by atoms with Crippen LogP contribution >= 0.6 is 0 Å². The second kappa shape index (κ2) is 5.51. The van der Waals surface area contributed by atoms with Crippen LogP contribution in [0.2, 0.25) is 0 Å². The van der Waals surface area contributed by atoms with Crippen molar-refractivity contribution in [2.24, 2.45) is 0 Å². The number of aliphatic carboxylic acids is 1. The van der Waals surface area contributed by atoms with Crippen LogP contribution in [0.4, 0.5) is 18.0 Å². The third-order valence-electron chi connectivity index (χ3n) is 3.55. The lowest BCUT2D eigenvalue weighted by Gasteiger charge is -2.21. The Hall–Kier alpha value is -2.25. The minimum atomic E-state index is -4.40. The molecular formula is C14H15F3N2O3. The monoisotopic (exact) mass is 316 g/mol. The third-order valence-corrected chi connectivity index (χ3v) is 3.55. The highest BCUT2D eigenvalue weighted by Gasteiger charge is 2.52. The predicted molar refractivity (Wildman–Crippen MR) is 71.0 cm³/mol. The first kappa shape index (κ1) is 16.1. The fraction of sp³-hybridized carbons (Fsp3) is 0.429. The van der Waals surface area contributed by atoms with Crippen molar-refractivity contribution in [3.05, 3.63) is 35.4 Å². The van der Waals surface area contributed by atoms with Crippen LogP contribution in [0.1, 0.15) is 24.0 Å². The normalized spacial score (nSPS) is 16.0. The Morgan fingerprint density at radius 3 is 2.23 bits per heavy atom.